The zero-order valence-electron chi connectivity index (χ0n) is 22.8. The number of H-pyrrole nitrogens is 1. The molecule has 5 rings (SSSR count). The summed E-state index contributed by atoms with van der Waals surface area (Å²) >= 11 is 0. The molecule has 0 unspecified atom stereocenters. The molecule has 0 bridgehead atoms. The fourth-order valence-corrected chi connectivity index (χ4v) is 5.21. The Bertz CT molecular complexity index is 1540. The molecule has 0 aliphatic carbocycles. The van der Waals surface area contributed by atoms with Crippen LogP contribution in [-0.2, 0) is 15.1 Å². The summed E-state index contributed by atoms with van der Waals surface area (Å²) in [4.78, 5) is 26.2. The summed E-state index contributed by atoms with van der Waals surface area (Å²) in [6.07, 6.45) is -4.81. The standard InChI is InChI=1S/C31H30F2N2O6/c1-4-30(33)27(26(32)28(41-30)35-19-18-25(36)34-29(35)37)40-31(20-8-6-5-7-9-20,21-10-14-23(38-2)15-11-21)22-12-16-24(39-3)17-13-22/h5-19,26-28H,4H2,1-3H3,(H,34,36,37)/t26-,27+,28-,30-/m1/s1. The SMILES string of the molecule is CC[C@@]1(F)O[C@@H](n2ccc(=O)[nH]c2=O)[C@H](F)[C@@H]1OC(c1ccccc1)(c1ccc(OC)cc1)c1ccc(OC)cc1. The van der Waals surface area contributed by atoms with E-state index in [0.29, 0.717) is 28.2 Å². The molecule has 0 amide bonds. The average Bonchev–Trinajstić information content (AvgIpc) is 3.25. The first-order valence-corrected chi connectivity index (χ1v) is 13.1. The Balaban J connectivity index is 1.72. The van der Waals surface area contributed by atoms with Crippen molar-refractivity contribution in [1.29, 1.82) is 0 Å². The molecule has 10 heteroatoms. The first-order chi connectivity index (χ1) is 19.8. The maximum absolute atomic E-state index is 16.6. The summed E-state index contributed by atoms with van der Waals surface area (Å²) in [6, 6.07) is 24.2. The number of aromatic amines is 1. The minimum atomic E-state index is -2.63. The van der Waals surface area contributed by atoms with E-state index in [-0.39, 0.29) is 6.42 Å². The van der Waals surface area contributed by atoms with E-state index in [9.17, 15) is 9.59 Å². The topological polar surface area (TPSA) is 91.8 Å². The maximum atomic E-state index is 16.6. The number of nitrogens with one attached hydrogen (secondary N) is 1. The number of nitrogens with zero attached hydrogens (tertiary/aromatic N) is 1. The van der Waals surface area contributed by atoms with Gasteiger partial charge in [0.05, 0.1) is 14.2 Å². The smallest absolute Gasteiger partial charge is 0.330 e. The van der Waals surface area contributed by atoms with Crippen molar-refractivity contribution >= 4 is 0 Å². The zero-order valence-corrected chi connectivity index (χ0v) is 22.8. The highest BCUT2D eigenvalue weighted by molar-refractivity contribution is 5.50. The molecule has 1 aliphatic heterocycles. The molecule has 0 radical (unpaired) electrons. The number of alkyl halides is 2. The van der Waals surface area contributed by atoms with Crippen molar-refractivity contribution < 1.29 is 27.7 Å². The quantitative estimate of drug-likeness (QED) is 0.292. The van der Waals surface area contributed by atoms with Gasteiger partial charge in [-0.25, -0.2) is 13.6 Å². The summed E-state index contributed by atoms with van der Waals surface area (Å²) in [7, 11) is 3.08. The lowest BCUT2D eigenvalue weighted by molar-refractivity contribution is -0.216. The molecule has 1 aromatic heterocycles. The third-order valence-electron chi connectivity index (χ3n) is 7.39. The van der Waals surface area contributed by atoms with Gasteiger partial charge in [-0.3, -0.25) is 14.3 Å². The molecule has 8 nitrogen and oxygen atoms in total. The van der Waals surface area contributed by atoms with Crippen LogP contribution >= 0.6 is 0 Å². The molecular weight excluding hydrogens is 534 g/mol. The van der Waals surface area contributed by atoms with Crippen LogP contribution in [0.25, 0.3) is 0 Å². The summed E-state index contributed by atoms with van der Waals surface area (Å²) in [5.74, 6) is -1.45. The molecule has 41 heavy (non-hydrogen) atoms. The lowest BCUT2D eigenvalue weighted by Gasteiger charge is -2.40. The summed E-state index contributed by atoms with van der Waals surface area (Å²) in [6.45, 7) is 1.51. The number of aromatic nitrogens is 2. The second-order valence-electron chi connectivity index (χ2n) is 9.65. The van der Waals surface area contributed by atoms with Crippen molar-refractivity contribution in [2.24, 2.45) is 0 Å². The number of hydrogen-bond acceptors (Lipinski definition) is 6. The normalized spacial score (nSPS) is 22.4. The molecule has 0 saturated carbocycles. The van der Waals surface area contributed by atoms with Crippen LogP contribution in [-0.4, -0.2) is 41.9 Å². The van der Waals surface area contributed by atoms with E-state index < -0.39 is 41.2 Å². The molecule has 2 heterocycles. The van der Waals surface area contributed by atoms with Crippen LogP contribution in [0.15, 0.2) is 101 Å². The molecule has 0 spiro atoms. The van der Waals surface area contributed by atoms with Gasteiger partial charge in [0.15, 0.2) is 18.5 Å². The summed E-state index contributed by atoms with van der Waals surface area (Å²) in [5, 5.41) is 0. The molecule has 1 saturated heterocycles. The Morgan fingerprint density at radius 1 is 0.878 bits per heavy atom. The largest absolute Gasteiger partial charge is 0.497 e. The first-order valence-electron chi connectivity index (χ1n) is 13.1. The van der Waals surface area contributed by atoms with Crippen molar-refractivity contribution in [3.05, 3.63) is 129 Å². The van der Waals surface area contributed by atoms with Crippen LogP contribution in [0.3, 0.4) is 0 Å². The van der Waals surface area contributed by atoms with Crippen molar-refractivity contribution in [3.63, 3.8) is 0 Å². The number of benzene rings is 3. The Hall–Kier alpha value is -4.28. The van der Waals surface area contributed by atoms with Crippen molar-refractivity contribution in [1.82, 2.24) is 9.55 Å². The van der Waals surface area contributed by atoms with Crippen molar-refractivity contribution in [2.45, 2.75) is 43.3 Å². The fourth-order valence-electron chi connectivity index (χ4n) is 5.21. The minimum Gasteiger partial charge on any atom is -0.497 e. The highest BCUT2D eigenvalue weighted by Crippen LogP contribution is 2.50. The highest BCUT2D eigenvalue weighted by atomic mass is 19.2. The van der Waals surface area contributed by atoms with Crippen molar-refractivity contribution in [2.75, 3.05) is 14.2 Å². The molecule has 1 aliphatic rings. The third kappa shape index (κ3) is 5.05. The Morgan fingerprint density at radius 3 is 1.90 bits per heavy atom. The lowest BCUT2D eigenvalue weighted by atomic mass is 9.79. The van der Waals surface area contributed by atoms with Gasteiger partial charge in [0.2, 0.25) is 5.85 Å². The fraction of sp³-hybridized carbons (Fsp3) is 0.290. The van der Waals surface area contributed by atoms with Crippen molar-refractivity contribution in [3.8, 4) is 11.5 Å². The number of rotatable bonds is 9. The van der Waals surface area contributed by atoms with E-state index >= 15 is 8.78 Å². The molecule has 1 N–H and O–H groups in total. The monoisotopic (exact) mass is 564 g/mol. The molecule has 214 valence electrons. The summed E-state index contributed by atoms with van der Waals surface area (Å²) in [5.41, 5.74) is -1.38. The van der Waals surface area contributed by atoms with Gasteiger partial charge in [0, 0.05) is 18.7 Å². The minimum absolute atomic E-state index is 0.275. The lowest BCUT2D eigenvalue weighted by Crippen LogP contribution is -2.47. The van der Waals surface area contributed by atoms with E-state index in [4.69, 9.17) is 18.9 Å². The number of ether oxygens (including phenoxy) is 4. The van der Waals surface area contributed by atoms with Crippen LogP contribution < -0.4 is 20.7 Å². The summed E-state index contributed by atoms with van der Waals surface area (Å²) < 4.78 is 56.9. The Morgan fingerprint density at radius 2 is 1.41 bits per heavy atom. The molecule has 1 fully saturated rings. The van der Waals surface area contributed by atoms with E-state index in [0.717, 1.165) is 16.8 Å². The van der Waals surface area contributed by atoms with E-state index in [1.807, 2.05) is 30.3 Å². The van der Waals surface area contributed by atoms with Gasteiger partial charge < -0.3 is 18.9 Å². The Labute approximate surface area is 235 Å². The van der Waals surface area contributed by atoms with Gasteiger partial charge in [0.25, 0.3) is 5.56 Å². The van der Waals surface area contributed by atoms with E-state index in [2.05, 4.69) is 4.98 Å². The van der Waals surface area contributed by atoms with Gasteiger partial charge in [-0.15, -0.1) is 0 Å². The second kappa shape index (κ2) is 11.3. The average molecular weight is 565 g/mol. The maximum Gasteiger partial charge on any atom is 0.330 e. The predicted molar refractivity (Wildman–Crippen MR) is 148 cm³/mol. The zero-order chi connectivity index (χ0) is 29.2. The second-order valence-corrected chi connectivity index (χ2v) is 9.65. The van der Waals surface area contributed by atoms with Crippen LogP contribution in [0, 0.1) is 0 Å². The van der Waals surface area contributed by atoms with E-state index in [1.54, 1.807) is 62.8 Å². The number of hydrogen-bond donors (Lipinski definition) is 1. The van der Waals surface area contributed by atoms with Gasteiger partial charge in [-0.1, -0.05) is 61.5 Å². The molecule has 3 aromatic carbocycles. The highest BCUT2D eigenvalue weighted by Gasteiger charge is 2.60. The van der Waals surface area contributed by atoms with Crippen LogP contribution in [0.1, 0.15) is 36.3 Å². The molecule has 4 aromatic rings. The van der Waals surface area contributed by atoms with Gasteiger partial charge >= 0.3 is 5.69 Å². The number of halogens is 2. The van der Waals surface area contributed by atoms with Gasteiger partial charge in [-0.2, -0.15) is 0 Å². The molecular formula is C31H30F2N2O6. The first kappa shape index (κ1) is 28.3. The predicted octanol–water partition coefficient (Wildman–Crippen LogP) is 4.87. The van der Waals surface area contributed by atoms with E-state index in [1.165, 1.54) is 6.92 Å². The Kier molecular flexibility index (Phi) is 7.79. The van der Waals surface area contributed by atoms with Crippen LogP contribution in [0.2, 0.25) is 0 Å². The third-order valence-corrected chi connectivity index (χ3v) is 7.39. The number of methoxy groups -OCH3 is 2. The van der Waals surface area contributed by atoms with Crippen LogP contribution in [0.5, 0.6) is 11.5 Å². The molecule has 4 atom stereocenters. The van der Waals surface area contributed by atoms with Gasteiger partial charge in [0.1, 0.15) is 17.1 Å². The van der Waals surface area contributed by atoms with Crippen LogP contribution in [0.4, 0.5) is 8.78 Å². The van der Waals surface area contributed by atoms with Gasteiger partial charge in [-0.05, 0) is 41.0 Å².